The molecule has 0 saturated carbocycles. The van der Waals surface area contributed by atoms with Gasteiger partial charge in [-0.15, -0.1) is 0 Å². The third-order valence-electron chi connectivity index (χ3n) is 9.37. The molecule has 0 bridgehead atoms. The topological polar surface area (TPSA) is 6.48 Å². The monoisotopic (exact) mass is 654 g/mol. The summed E-state index contributed by atoms with van der Waals surface area (Å²) in [5, 5.41) is 2.47. The Labute approximate surface area is 300 Å². The number of nitrogens with zero attached hydrogens (tertiary/aromatic N) is 2. The zero-order chi connectivity index (χ0) is 34.4. The van der Waals surface area contributed by atoms with Gasteiger partial charge in [0.15, 0.2) is 0 Å². The van der Waals surface area contributed by atoms with Crippen LogP contribution < -0.4 is 9.80 Å². The smallest absolute Gasteiger partial charge is 0.0490 e. The molecule has 0 aliphatic heterocycles. The molecule has 2 heteroatoms. The normalized spacial score (nSPS) is 11.2. The van der Waals surface area contributed by atoms with E-state index >= 15 is 0 Å². The lowest BCUT2D eigenvalue weighted by Gasteiger charge is -2.27. The largest absolute Gasteiger partial charge is 0.310 e. The van der Waals surface area contributed by atoms with Gasteiger partial charge in [-0.1, -0.05) is 146 Å². The molecule has 244 valence electrons. The van der Waals surface area contributed by atoms with Crippen molar-refractivity contribution in [2.75, 3.05) is 9.80 Å². The highest BCUT2D eigenvalue weighted by atomic mass is 15.1. The summed E-state index contributed by atoms with van der Waals surface area (Å²) in [5.74, 6) is 0. The van der Waals surface area contributed by atoms with Crippen molar-refractivity contribution in [2.24, 2.45) is 0 Å². The van der Waals surface area contributed by atoms with Crippen LogP contribution in [0.4, 0.5) is 34.1 Å². The van der Waals surface area contributed by atoms with Crippen LogP contribution in [0.15, 0.2) is 200 Å². The summed E-state index contributed by atoms with van der Waals surface area (Å²) in [6.45, 7) is 2.17. The van der Waals surface area contributed by atoms with Crippen molar-refractivity contribution < 1.29 is 0 Å². The molecule has 8 aromatic carbocycles. The molecular weight excluding hydrogens is 617 g/mol. The maximum absolute atomic E-state index is 2.34. The molecule has 0 N–H and O–H groups in total. The van der Waals surface area contributed by atoms with E-state index in [2.05, 4.69) is 229 Å². The third kappa shape index (κ3) is 6.94. The molecule has 0 unspecified atom stereocenters. The minimum absolute atomic E-state index is 1.12. The molecule has 8 rings (SSSR count). The van der Waals surface area contributed by atoms with Gasteiger partial charge in [0.2, 0.25) is 0 Å². The highest BCUT2D eigenvalue weighted by Gasteiger charge is 2.15. The Morgan fingerprint density at radius 1 is 0.333 bits per heavy atom. The second-order valence-electron chi connectivity index (χ2n) is 12.8. The number of anilines is 6. The van der Waals surface area contributed by atoms with Crippen LogP contribution in [-0.2, 0) is 0 Å². The molecule has 0 atom stereocenters. The Morgan fingerprint density at radius 3 is 1.41 bits per heavy atom. The first kappa shape index (κ1) is 31.6. The van der Waals surface area contributed by atoms with E-state index in [4.69, 9.17) is 0 Å². The number of fused-ring (bicyclic) bond motifs is 1. The summed E-state index contributed by atoms with van der Waals surface area (Å²) in [6.07, 6.45) is 4.37. The van der Waals surface area contributed by atoms with Crippen molar-refractivity contribution >= 4 is 57.0 Å². The van der Waals surface area contributed by atoms with Crippen LogP contribution in [-0.4, -0.2) is 0 Å². The van der Waals surface area contributed by atoms with Crippen LogP contribution in [0, 0.1) is 6.92 Å². The molecule has 0 aromatic heterocycles. The molecule has 0 aliphatic rings. The van der Waals surface area contributed by atoms with E-state index in [-0.39, 0.29) is 0 Å². The molecule has 0 saturated heterocycles. The van der Waals surface area contributed by atoms with Crippen LogP contribution in [0.1, 0.15) is 16.7 Å². The Balaban J connectivity index is 1.04. The van der Waals surface area contributed by atoms with Crippen LogP contribution >= 0.6 is 0 Å². The molecule has 0 fully saturated rings. The van der Waals surface area contributed by atoms with Gasteiger partial charge in [-0.3, -0.25) is 0 Å². The van der Waals surface area contributed by atoms with E-state index < -0.39 is 0 Å². The predicted molar refractivity (Wildman–Crippen MR) is 219 cm³/mol. The summed E-state index contributed by atoms with van der Waals surface area (Å²) in [7, 11) is 0. The summed E-state index contributed by atoms with van der Waals surface area (Å²) in [4.78, 5) is 4.65. The van der Waals surface area contributed by atoms with Crippen molar-refractivity contribution in [1.82, 2.24) is 0 Å². The van der Waals surface area contributed by atoms with Gasteiger partial charge < -0.3 is 9.80 Å². The van der Waals surface area contributed by atoms with Crippen molar-refractivity contribution in [3.63, 3.8) is 0 Å². The highest BCUT2D eigenvalue weighted by Crippen LogP contribution is 2.38. The van der Waals surface area contributed by atoms with Crippen molar-refractivity contribution in [3.05, 3.63) is 217 Å². The SMILES string of the molecule is Cc1ccccc1N(c1ccc(C=Cc2ccc(N(c3ccccc3)c3ccc4ccccc4c3)cc2)cc1)c1ccc(-c2ccccc2)cc1. The molecule has 8 aromatic rings. The maximum atomic E-state index is 2.34. The van der Waals surface area contributed by atoms with Gasteiger partial charge in [0.05, 0.1) is 0 Å². The number of benzene rings is 8. The van der Waals surface area contributed by atoms with Crippen molar-refractivity contribution in [3.8, 4) is 11.1 Å². The minimum atomic E-state index is 1.12. The van der Waals surface area contributed by atoms with Gasteiger partial charge in [0.1, 0.15) is 0 Å². The fraction of sp³-hybridized carbons (Fsp3) is 0.0204. The first-order valence-electron chi connectivity index (χ1n) is 17.4. The molecule has 0 radical (unpaired) electrons. The molecule has 0 aliphatic carbocycles. The van der Waals surface area contributed by atoms with E-state index in [1.165, 1.54) is 33.2 Å². The van der Waals surface area contributed by atoms with Gasteiger partial charge >= 0.3 is 0 Å². The fourth-order valence-corrected chi connectivity index (χ4v) is 6.68. The van der Waals surface area contributed by atoms with Gasteiger partial charge in [-0.05, 0) is 112 Å². The Hall–Kier alpha value is -6.64. The second-order valence-corrected chi connectivity index (χ2v) is 12.8. The molecular formula is C49H38N2. The maximum Gasteiger partial charge on any atom is 0.0490 e. The number of rotatable bonds is 9. The van der Waals surface area contributed by atoms with Gasteiger partial charge in [-0.2, -0.15) is 0 Å². The molecule has 0 spiro atoms. The van der Waals surface area contributed by atoms with Gasteiger partial charge in [-0.25, -0.2) is 0 Å². The van der Waals surface area contributed by atoms with Crippen LogP contribution in [0.25, 0.3) is 34.1 Å². The lowest BCUT2D eigenvalue weighted by Crippen LogP contribution is -2.11. The second kappa shape index (κ2) is 14.5. The number of aryl methyl sites for hydroxylation is 1. The van der Waals surface area contributed by atoms with Crippen LogP contribution in [0.5, 0.6) is 0 Å². The molecule has 2 nitrogen and oxygen atoms in total. The zero-order valence-electron chi connectivity index (χ0n) is 28.6. The Kier molecular flexibility index (Phi) is 8.96. The zero-order valence-corrected chi connectivity index (χ0v) is 28.6. The minimum Gasteiger partial charge on any atom is -0.310 e. The number of para-hydroxylation sites is 2. The number of hydrogen-bond acceptors (Lipinski definition) is 2. The van der Waals surface area contributed by atoms with E-state index in [9.17, 15) is 0 Å². The summed E-state index contributed by atoms with van der Waals surface area (Å²) >= 11 is 0. The van der Waals surface area contributed by atoms with Gasteiger partial charge in [0.25, 0.3) is 0 Å². The van der Waals surface area contributed by atoms with Crippen molar-refractivity contribution in [2.45, 2.75) is 6.92 Å². The summed E-state index contributed by atoms with van der Waals surface area (Å²) < 4.78 is 0. The molecule has 51 heavy (non-hydrogen) atoms. The van der Waals surface area contributed by atoms with Crippen molar-refractivity contribution in [1.29, 1.82) is 0 Å². The predicted octanol–water partition coefficient (Wildman–Crippen LogP) is 13.9. The van der Waals surface area contributed by atoms with Crippen LogP contribution in [0.3, 0.4) is 0 Å². The fourth-order valence-electron chi connectivity index (χ4n) is 6.68. The molecule has 0 heterocycles. The average Bonchev–Trinajstić information content (AvgIpc) is 3.20. The highest BCUT2D eigenvalue weighted by molar-refractivity contribution is 5.89. The quantitative estimate of drug-likeness (QED) is 0.143. The van der Waals surface area contributed by atoms with E-state index in [0.717, 1.165) is 39.6 Å². The molecule has 0 amide bonds. The Morgan fingerprint density at radius 2 is 0.784 bits per heavy atom. The lowest BCUT2D eigenvalue weighted by molar-refractivity contribution is 1.25. The van der Waals surface area contributed by atoms with Gasteiger partial charge in [0, 0.05) is 34.1 Å². The Bertz CT molecular complexity index is 2390. The van der Waals surface area contributed by atoms with Crippen LogP contribution in [0.2, 0.25) is 0 Å². The number of hydrogen-bond donors (Lipinski definition) is 0. The first-order chi connectivity index (χ1) is 25.2. The summed E-state index contributed by atoms with van der Waals surface area (Å²) in [5.41, 5.74) is 12.7. The van der Waals surface area contributed by atoms with E-state index in [0.29, 0.717) is 0 Å². The third-order valence-corrected chi connectivity index (χ3v) is 9.37. The van der Waals surface area contributed by atoms with E-state index in [1.807, 2.05) is 0 Å². The lowest BCUT2D eigenvalue weighted by atomic mass is 10.0. The first-order valence-corrected chi connectivity index (χ1v) is 17.4. The average molecular weight is 655 g/mol. The standard InChI is InChI=1S/C49H38N2/c1-37-12-8-11-19-49(37)51(47-33-26-42(27-34-47)40-13-4-2-5-14-40)46-31-24-39(25-32-46)21-20-38-22-29-45(30-23-38)50(44-17-6-3-7-18-44)48-35-28-41-15-9-10-16-43(41)36-48/h2-36H,1H3. The summed E-state index contributed by atoms with van der Waals surface area (Å²) in [6, 6.07) is 71.3. The van der Waals surface area contributed by atoms with E-state index in [1.54, 1.807) is 0 Å².